The third-order valence-corrected chi connectivity index (χ3v) is 7.63. The Morgan fingerprint density at radius 1 is 0.878 bits per heavy atom. The topological polar surface area (TPSA) is 90.9 Å². The normalized spacial score (nSPS) is 20.5. The molecule has 2 aliphatic heterocycles. The summed E-state index contributed by atoms with van der Waals surface area (Å²) in [5, 5.41) is 12.8. The Labute approximate surface area is 245 Å². The van der Waals surface area contributed by atoms with Crippen molar-refractivity contribution in [2.45, 2.75) is 50.4 Å². The number of hydrogen-bond acceptors (Lipinski definition) is 9. The van der Waals surface area contributed by atoms with Gasteiger partial charge in [-0.15, -0.1) is 0 Å². The molecule has 0 spiro atoms. The zero-order valence-electron chi connectivity index (χ0n) is 24.7. The molecule has 0 saturated carbocycles. The van der Waals surface area contributed by atoms with E-state index < -0.39 is 0 Å². The van der Waals surface area contributed by atoms with Crippen molar-refractivity contribution in [2.24, 2.45) is 0 Å². The first-order valence-corrected chi connectivity index (χ1v) is 15.0. The molecule has 2 aromatic rings. The van der Waals surface area contributed by atoms with Crippen LogP contribution in [-0.2, 0) is 25.6 Å². The fourth-order valence-corrected chi connectivity index (χ4v) is 5.48. The van der Waals surface area contributed by atoms with Crippen LogP contribution in [0.4, 0.5) is 5.69 Å². The lowest BCUT2D eigenvalue weighted by Crippen LogP contribution is -2.50. The Morgan fingerprint density at radius 3 is 2.41 bits per heavy atom. The molecule has 1 unspecified atom stereocenters. The van der Waals surface area contributed by atoms with E-state index >= 15 is 0 Å². The summed E-state index contributed by atoms with van der Waals surface area (Å²) in [5.74, 6) is 1.84. The van der Waals surface area contributed by atoms with E-state index in [4.69, 9.17) is 28.4 Å². The number of piperidine rings is 1. The van der Waals surface area contributed by atoms with Gasteiger partial charge in [-0.25, -0.2) is 0 Å². The highest BCUT2D eigenvalue weighted by molar-refractivity contribution is 5.61. The number of fused-ring (bicyclic) bond motifs is 1. The van der Waals surface area contributed by atoms with Gasteiger partial charge in [-0.1, -0.05) is 18.2 Å². The molecule has 3 atom stereocenters. The molecule has 9 nitrogen and oxygen atoms in total. The first kappa shape index (κ1) is 31.5. The maximum Gasteiger partial charge on any atom is 0.142 e. The van der Waals surface area contributed by atoms with Crippen molar-refractivity contribution in [1.29, 1.82) is 0 Å². The lowest BCUT2D eigenvalue weighted by atomic mass is 9.85. The van der Waals surface area contributed by atoms with E-state index in [0.29, 0.717) is 32.8 Å². The van der Waals surface area contributed by atoms with Gasteiger partial charge in [0.1, 0.15) is 18.1 Å². The van der Waals surface area contributed by atoms with Crippen molar-refractivity contribution in [2.75, 3.05) is 84.9 Å². The molecule has 2 aromatic carbocycles. The predicted molar refractivity (Wildman–Crippen MR) is 159 cm³/mol. The molecular formula is C32H48N2O7. The van der Waals surface area contributed by atoms with Gasteiger partial charge >= 0.3 is 0 Å². The fourth-order valence-electron chi connectivity index (χ4n) is 5.48. The molecule has 2 N–H and O–H groups in total. The maximum atomic E-state index is 9.29. The van der Waals surface area contributed by atoms with Gasteiger partial charge in [-0.3, -0.25) is 0 Å². The predicted octanol–water partition coefficient (Wildman–Crippen LogP) is 3.77. The van der Waals surface area contributed by atoms with E-state index in [1.165, 1.54) is 5.56 Å². The molecule has 41 heavy (non-hydrogen) atoms. The Kier molecular flexibility index (Phi) is 13.5. The summed E-state index contributed by atoms with van der Waals surface area (Å²) < 4.78 is 35.1. The molecule has 0 bridgehead atoms. The summed E-state index contributed by atoms with van der Waals surface area (Å²) in [6.07, 6.45) is 3.39. The van der Waals surface area contributed by atoms with Gasteiger partial charge in [0.15, 0.2) is 0 Å². The zero-order valence-corrected chi connectivity index (χ0v) is 24.7. The maximum absolute atomic E-state index is 9.29. The van der Waals surface area contributed by atoms with Crippen LogP contribution in [-0.4, -0.2) is 97.4 Å². The van der Waals surface area contributed by atoms with Gasteiger partial charge in [0, 0.05) is 66.2 Å². The average Bonchev–Trinajstić information content (AvgIpc) is 3.01. The van der Waals surface area contributed by atoms with Gasteiger partial charge < -0.3 is 43.7 Å². The van der Waals surface area contributed by atoms with Gasteiger partial charge in [-0.05, 0) is 61.1 Å². The Bertz CT molecular complexity index is 1010. The lowest BCUT2D eigenvalue weighted by molar-refractivity contribution is -0.0616. The largest absolute Gasteiger partial charge is 0.494 e. The number of hydrogen-bond donors (Lipinski definition) is 2. The molecule has 4 rings (SSSR count). The second-order valence-electron chi connectivity index (χ2n) is 10.6. The second-order valence-corrected chi connectivity index (χ2v) is 10.6. The molecular weight excluding hydrogens is 524 g/mol. The first-order valence-electron chi connectivity index (χ1n) is 15.0. The molecule has 0 aromatic heterocycles. The third-order valence-electron chi connectivity index (χ3n) is 7.63. The van der Waals surface area contributed by atoms with Gasteiger partial charge in [0.2, 0.25) is 0 Å². The molecule has 0 radical (unpaired) electrons. The van der Waals surface area contributed by atoms with Crippen molar-refractivity contribution >= 4 is 5.69 Å². The van der Waals surface area contributed by atoms with Crippen LogP contribution < -0.4 is 19.7 Å². The van der Waals surface area contributed by atoms with Crippen molar-refractivity contribution in [3.8, 4) is 11.5 Å². The van der Waals surface area contributed by atoms with Gasteiger partial charge in [-0.2, -0.15) is 0 Å². The second kappa shape index (κ2) is 17.5. The van der Waals surface area contributed by atoms with E-state index in [1.54, 1.807) is 14.2 Å². The fraction of sp³-hybridized carbons (Fsp3) is 0.625. The highest BCUT2D eigenvalue weighted by Gasteiger charge is 2.36. The van der Waals surface area contributed by atoms with Crippen molar-refractivity contribution in [1.82, 2.24) is 5.32 Å². The first-order chi connectivity index (χ1) is 20.2. The van der Waals surface area contributed by atoms with Crippen molar-refractivity contribution in [3.63, 3.8) is 0 Å². The van der Waals surface area contributed by atoms with Crippen molar-refractivity contribution in [3.05, 3.63) is 53.6 Å². The van der Waals surface area contributed by atoms with E-state index in [2.05, 4.69) is 40.5 Å². The quantitative estimate of drug-likeness (QED) is 0.259. The summed E-state index contributed by atoms with van der Waals surface area (Å²) in [6.45, 7) is 7.26. The van der Waals surface area contributed by atoms with Crippen LogP contribution in [0.5, 0.6) is 11.5 Å². The Morgan fingerprint density at radius 2 is 1.63 bits per heavy atom. The number of aliphatic hydroxyl groups excluding tert-OH is 1. The number of ether oxygens (including phenoxy) is 6. The third kappa shape index (κ3) is 9.56. The van der Waals surface area contributed by atoms with E-state index in [-0.39, 0.29) is 24.7 Å². The highest BCUT2D eigenvalue weighted by atomic mass is 16.5. The minimum absolute atomic E-state index is 0.0530. The van der Waals surface area contributed by atoms with Crippen LogP contribution in [0.15, 0.2) is 42.5 Å². The van der Waals surface area contributed by atoms with Gasteiger partial charge in [0.05, 0.1) is 37.7 Å². The van der Waals surface area contributed by atoms with Gasteiger partial charge in [0.25, 0.3) is 0 Å². The Hall–Kier alpha value is -2.40. The number of unbranched alkanes of at least 4 members (excludes halogenated alkanes) is 1. The standard InChI is InChI=1S/C32H48N2O7/c1-36-16-3-4-18-38-27-10-8-26(9-11-27)32-30(39-19-6-15-35)22-33-23-31(32)41-24-25-7-12-29-28(21-25)34(14-20-40-29)13-5-17-37-2/h7-12,21,30-33,35H,3-6,13-20,22-24H2,1-2H3/t30-,31+,32?/m1/s1. The van der Waals surface area contributed by atoms with Crippen LogP contribution >= 0.6 is 0 Å². The molecule has 1 fully saturated rings. The van der Waals surface area contributed by atoms with Crippen LogP contribution in [0, 0.1) is 0 Å². The number of nitrogens with one attached hydrogen (secondary N) is 1. The summed E-state index contributed by atoms with van der Waals surface area (Å²) in [4.78, 5) is 2.37. The number of aliphatic hydroxyl groups is 1. The van der Waals surface area contributed by atoms with E-state index in [0.717, 1.165) is 81.4 Å². The molecule has 9 heteroatoms. The number of methoxy groups -OCH3 is 2. The zero-order chi connectivity index (χ0) is 28.7. The monoisotopic (exact) mass is 572 g/mol. The minimum Gasteiger partial charge on any atom is -0.494 e. The smallest absolute Gasteiger partial charge is 0.142 e. The summed E-state index contributed by atoms with van der Waals surface area (Å²) >= 11 is 0. The van der Waals surface area contributed by atoms with E-state index in [9.17, 15) is 5.11 Å². The number of anilines is 1. The molecule has 2 heterocycles. The van der Waals surface area contributed by atoms with Crippen molar-refractivity contribution < 1.29 is 33.5 Å². The lowest BCUT2D eigenvalue weighted by Gasteiger charge is -2.39. The minimum atomic E-state index is -0.0752. The van der Waals surface area contributed by atoms with Crippen LogP contribution in [0.2, 0.25) is 0 Å². The number of nitrogens with zero attached hydrogens (tertiary/aromatic N) is 1. The average molecular weight is 573 g/mol. The molecule has 2 aliphatic rings. The Balaban J connectivity index is 1.43. The summed E-state index contributed by atoms with van der Waals surface area (Å²) in [6, 6.07) is 14.7. The van der Waals surface area contributed by atoms with E-state index in [1.807, 2.05) is 12.1 Å². The van der Waals surface area contributed by atoms with Crippen LogP contribution in [0.1, 0.15) is 42.7 Å². The molecule has 1 saturated heterocycles. The number of benzene rings is 2. The molecule has 0 aliphatic carbocycles. The van der Waals surface area contributed by atoms with Crippen LogP contribution in [0.3, 0.4) is 0 Å². The molecule has 228 valence electrons. The van der Waals surface area contributed by atoms with Crippen LogP contribution in [0.25, 0.3) is 0 Å². The highest BCUT2D eigenvalue weighted by Crippen LogP contribution is 2.35. The number of rotatable bonds is 18. The molecule has 0 amide bonds. The SMILES string of the molecule is COCCCCOc1ccc(C2[C@@H](OCc3ccc4c(c3)N(CCCOC)CCO4)CNC[C@H]2OCCCO)cc1. The summed E-state index contributed by atoms with van der Waals surface area (Å²) in [5.41, 5.74) is 3.40. The summed E-state index contributed by atoms with van der Waals surface area (Å²) in [7, 11) is 3.46.